The molecule has 4 heteroatoms. The Morgan fingerprint density at radius 3 is 2.92 bits per heavy atom. The van der Waals surface area contributed by atoms with Crippen molar-refractivity contribution in [1.29, 1.82) is 5.26 Å². The first-order valence-corrected chi connectivity index (χ1v) is 3.91. The monoisotopic (exact) mass is 165 g/mol. The molecule has 0 aliphatic carbocycles. The summed E-state index contributed by atoms with van der Waals surface area (Å²) in [6, 6.07) is 2.08. The van der Waals surface area contributed by atoms with Crippen LogP contribution in [0.1, 0.15) is 12.8 Å². The Bertz CT molecular complexity index is 252. The lowest BCUT2D eigenvalue weighted by molar-refractivity contribution is 0.216. The van der Waals surface area contributed by atoms with Crippen LogP contribution in [0, 0.1) is 11.3 Å². The first-order chi connectivity index (χ1) is 5.72. The zero-order chi connectivity index (χ0) is 9.03. The van der Waals surface area contributed by atoms with Gasteiger partial charge in [-0.3, -0.25) is 0 Å². The fraction of sp³-hybridized carbons (Fsp3) is 0.750. The van der Waals surface area contributed by atoms with Crippen LogP contribution in [0.5, 0.6) is 0 Å². The highest BCUT2D eigenvalue weighted by atomic mass is 16.1. The highest BCUT2D eigenvalue weighted by Gasteiger charge is 2.34. The summed E-state index contributed by atoms with van der Waals surface area (Å²) < 4.78 is 0. The summed E-state index contributed by atoms with van der Waals surface area (Å²) in [5.74, 6) is 0. The minimum atomic E-state index is -0.825. The van der Waals surface area contributed by atoms with E-state index >= 15 is 0 Å². The number of hydrogen-bond acceptors (Lipinski definition) is 4. The van der Waals surface area contributed by atoms with Gasteiger partial charge in [0.2, 0.25) is 6.08 Å². The zero-order valence-corrected chi connectivity index (χ0v) is 7.08. The van der Waals surface area contributed by atoms with Crippen molar-refractivity contribution in [3.63, 3.8) is 0 Å². The largest absolute Gasteiger partial charge is 0.303 e. The molecule has 0 bridgehead atoms. The van der Waals surface area contributed by atoms with Crippen LogP contribution in [-0.2, 0) is 4.79 Å². The number of nitriles is 1. The van der Waals surface area contributed by atoms with Gasteiger partial charge in [-0.05, 0) is 26.4 Å². The number of piperidine rings is 1. The molecule has 0 aromatic heterocycles. The predicted molar refractivity (Wildman–Crippen MR) is 43.2 cm³/mol. The van der Waals surface area contributed by atoms with Gasteiger partial charge in [0.15, 0.2) is 5.54 Å². The van der Waals surface area contributed by atoms with E-state index in [4.69, 9.17) is 5.26 Å². The third kappa shape index (κ3) is 1.70. The molecule has 0 saturated carbocycles. The van der Waals surface area contributed by atoms with Crippen LogP contribution in [0.25, 0.3) is 0 Å². The van der Waals surface area contributed by atoms with E-state index in [1.54, 1.807) is 0 Å². The number of aliphatic imine (C=N–C) groups is 1. The van der Waals surface area contributed by atoms with E-state index in [-0.39, 0.29) is 0 Å². The Balaban J connectivity index is 2.79. The van der Waals surface area contributed by atoms with Crippen LogP contribution in [-0.4, -0.2) is 36.7 Å². The van der Waals surface area contributed by atoms with Crippen LogP contribution in [0.15, 0.2) is 4.99 Å². The molecule has 1 rings (SSSR count). The molecule has 0 aromatic rings. The van der Waals surface area contributed by atoms with Gasteiger partial charge in [0.1, 0.15) is 0 Å². The Hall–Kier alpha value is -1.17. The van der Waals surface area contributed by atoms with Crippen LogP contribution in [0.4, 0.5) is 0 Å². The van der Waals surface area contributed by atoms with Crippen molar-refractivity contribution < 1.29 is 4.79 Å². The molecular weight excluding hydrogens is 154 g/mol. The molecule has 64 valence electrons. The molecule has 12 heavy (non-hydrogen) atoms. The van der Waals surface area contributed by atoms with Crippen molar-refractivity contribution in [3.05, 3.63) is 0 Å². The lowest BCUT2D eigenvalue weighted by atomic mass is 9.92. The highest BCUT2D eigenvalue weighted by Crippen LogP contribution is 2.22. The Morgan fingerprint density at radius 1 is 1.67 bits per heavy atom. The van der Waals surface area contributed by atoms with E-state index in [1.165, 1.54) is 6.08 Å². The van der Waals surface area contributed by atoms with Gasteiger partial charge in [0.25, 0.3) is 0 Å². The molecule has 0 spiro atoms. The lowest BCUT2D eigenvalue weighted by Crippen LogP contribution is -2.44. The van der Waals surface area contributed by atoms with Gasteiger partial charge in [-0.1, -0.05) is 0 Å². The molecule has 1 heterocycles. The van der Waals surface area contributed by atoms with Crippen LogP contribution >= 0.6 is 0 Å². The summed E-state index contributed by atoms with van der Waals surface area (Å²) >= 11 is 0. The van der Waals surface area contributed by atoms with Crippen molar-refractivity contribution in [2.24, 2.45) is 4.99 Å². The van der Waals surface area contributed by atoms with Crippen LogP contribution in [0.3, 0.4) is 0 Å². The van der Waals surface area contributed by atoms with Gasteiger partial charge >= 0.3 is 0 Å². The molecule has 0 N–H and O–H groups in total. The van der Waals surface area contributed by atoms with Crippen molar-refractivity contribution >= 4 is 6.08 Å². The summed E-state index contributed by atoms with van der Waals surface area (Å²) in [6.07, 6.45) is 3.06. The second-order valence-corrected chi connectivity index (χ2v) is 3.19. The Labute approximate surface area is 71.5 Å². The number of likely N-dealkylation sites (N-methyl/N-ethyl adjacent to an activating group) is 1. The number of isocyanates is 1. The molecule has 1 fully saturated rings. The average molecular weight is 165 g/mol. The molecule has 1 aliphatic heterocycles. The number of carbonyl (C=O) groups excluding carboxylic acids is 1. The van der Waals surface area contributed by atoms with Crippen LogP contribution in [0.2, 0.25) is 0 Å². The number of hydrogen-bond donors (Lipinski definition) is 0. The third-order valence-electron chi connectivity index (χ3n) is 2.13. The minimum Gasteiger partial charge on any atom is -0.303 e. The van der Waals surface area contributed by atoms with E-state index in [9.17, 15) is 4.79 Å². The van der Waals surface area contributed by atoms with Gasteiger partial charge in [-0.15, -0.1) is 0 Å². The number of rotatable bonds is 1. The van der Waals surface area contributed by atoms with Crippen molar-refractivity contribution in [2.45, 2.75) is 18.4 Å². The van der Waals surface area contributed by atoms with Crippen LogP contribution < -0.4 is 0 Å². The summed E-state index contributed by atoms with van der Waals surface area (Å²) in [6.45, 7) is 1.51. The standard InChI is InChI=1S/C8H11N3O/c1-11-4-2-3-8(5-9,6-11)10-7-12/h2-4,6H2,1H3. The van der Waals surface area contributed by atoms with E-state index in [1.807, 2.05) is 11.9 Å². The predicted octanol–water partition coefficient (Wildman–Crippen LogP) is 0.310. The first kappa shape index (κ1) is 8.92. The first-order valence-electron chi connectivity index (χ1n) is 3.91. The van der Waals surface area contributed by atoms with Gasteiger partial charge in [-0.25, -0.2) is 4.79 Å². The normalized spacial score (nSPS) is 30.3. The van der Waals surface area contributed by atoms with Gasteiger partial charge < -0.3 is 4.90 Å². The molecular formula is C8H11N3O. The number of nitrogens with zero attached hydrogens (tertiary/aromatic N) is 3. The fourth-order valence-electron chi connectivity index (χ4n) is 1.54. The van der Waals surface area contributed by atoms with Crippen molar-refractivity contribution in [2.75, 3.05) is 20.1 Å². The van der Waals surface area contributed by atoms with Gasteiger partial charge in [0, 0.05) is 6.54 Å². The smallest absolute Gasteiger partial charge is 0.236 e. The Morgan fingerprint density at radius 2 is 2.42 bits per heavy atom. The summed E-state index contributed by atoms with van der Waals surface area (Å²) in [4.78, 5) is 15.7. The molecule has 1 aliphatic rings. The number of likely N-dealkylation sites (tertiary alicyclic amines) is 1. The second-order valence-electron chi connectivity index (χ2n) is 3.19. The molecule has 1 saturated heterocycles. The maximum absolute atomic E-state index is 10.1. The highest BCUT2D eigenvalue weighted by molar-refractivity contribution is 5.37. The van der Waals surface area contributed by atoms with Gasteiger partial charge in [-0.2, -0.15) is 10.3 Å². The van der Waals surface area contributed by atoms with E-state index in [0.29, 0.717) is 13.0 Å². The quantitative estimate of drug-likeness (QED) is 0.415. The van der Waals surface area contributed by atoms with E-state index in [0.717, 1.165) is 13.0 Å². The lowest BCUT2D eigenvalue weighted by Gasteiger charge is -2.31. The fourth-order valence-corrected chi connectivity index (χ4v) is 1.54. The summed E-state index contributed by atoms with van der Waals surface area (Å²) in [5.41, 5.74) is -0.825. The minimum absolute atomic E-state index is 0.540. The average Bonchev–Trinajstić information content (AvgIpc) is 2.05. The molecule has 1 unspecified atom stereocenters. The summed E-state index contributed by atoms with van der Waals surface area (Å²) in [7, 11) is 1.92. The van der Waals surface area contributed by atoms with Crippen molar-refractivity contribution in [3.8, 4) is 6.07 Å². The molecule has 4 nitrogen and oxygen atoms in total. The molecule has 0 radical (unpaired) electrons. The summed E-state index contributed by atoms with van der Waals surface area (Å²) in [5, 5.41) is 8.84. The van der Waals surface area contributed by atoms with E-state index in [2.05, 4.69) is 11.1 Å². The SMILES string of the molecule is CN1CCCC(C#N)(N=C=O)C1. The van der Waals surface area contributed by atoms with Crippen molar-refractivity contribution in [1.82, 2.24) is 4.90 Å². The molecule has 0 amide bonds. The molecule has 0 aromatic carbocycles. The third-order valence-corrected chi connectivity index (χ3v) is 2.13. The topological polar surface area (TPSA) is 56.5 Å². The van der Waals surface area contributed by atoms with Gasteiger partial charge in [0.05, 0.1) is 6.07 Å². The van der Waals surface area contributed by atoms with E-state index < -0.39 is 5.54 Å². The second kappa shape index (κ2) is 3.48. The zero-order valence-electron chi connectivity index (χ0n) is 7.08. The molecule has 1 atom stereocenters. The maximum Gasteiger partial charge on any atom is 0.236 e. The Kier molecular flexibility index (Phi) is 2.59. The maximum atomic E-state index is 10.1.